The minimum absolute atomic E-state index is 0.0433. The van der Waals surface area contributed by atoms with E-state index in [0.29, 0.717) is 0 Å². The fourth-order valence-corrected chi connectivity index (χ4v) is 4.35. The molecular weight excluding hydrogens is 308 g/mol. The Kier molecular flexibility index (Phi) is 3.49. The van der Waals surface area contributed by atoms with Gasteiger partial charge in [0.2, 0.25) is 5.91 Å². The van der Waals surface area contributed by atoms with Crippen molar-refractivity contribution in [2.24, 2.45) is 12.0 Å². The minimum Gasteiger partial charge on any atom is -0.296 e. The number of aromatic nitrogens is 2. The zero-order valence-electron chi connectivity index (χ0n) is 13.2. The van der Waals surface area contributed by atoms with Crippen LogP contribution in [0.3, 0.4) is 0 Å². The van der Waals surface area contributed by atoms with E-state index in [9.17, 15) is 4.79 Å². The van der Waals surface area contributed by atoms with Crippen molar-refractivity contribution in [2.75, 3.05) is 11.4 Å². The fourth-order valence-electron chi connectivity index (χ4n) is 3.18. The number of thioether (sulfide) groups is 1. The van der Waals surface area contributed by atoms with Crippen LogP contribution in [0, 0.1) is 6.92 Å². The summed E-state index contributed by atoms with van der Waals surface area (Å²) in [6.45, 7) is 2.69. The van der Waals surface area contributed by atoms with Gasteiger partial charge in [0.1, 0.15) is 5.82 Å². The molecule has 2 aliphatic rings. The second-order valence-electron chi connectivity index (χ2n) is 5.96. The van der Waals surface area contributed by atoms with Crippen LogP contribution in [0.4, 0.5) is 11.5 Å². The van der Waals surface area contributed by atoms with Gasteiger partial charge in [0.05, 0.1) is 21.7 Å². The number of benzene rings is 1. The van der Waals surface area contributed by atoms with Crippen LogP contribution in [0.5, 0.6) is 0 Å². The molecule has 6 heteroatoms. The van der Waals surface area contributed by atoms with E-state index in [2.05, 4.69) is 16.2 Å². The molecule has 118 valence electrons. The van der Waals surface area contributed by atoms with Gasteiger partial charge in [0.15, 0.2) is 0 Å². The highest BCUT2D eigenvalue weighted by molar-refractivity contribution is 8.15. The molecule has 0 unspecified atom stereocenters. The Balaban J connectivity index is 1.48. The smallest absolute Gasteiger partial charge is 0.241 e. The van der Waals surface area contributed by atoms with Crippen LogP contribution in [0.25, 0.3) is 0 Å². The summed E-state index contributed by atoms with van der Waals surface area (Å²) in [5.41, 5.74) is 3.22. The molecule has 23 heavy (non-hydrogen) atoms. The molecule has 2 aliphatic heterocycles. The molecular formula is C17H18N4OS. The van der Waals surface area contributed by atoms with Crippen LogP contribution in [-0.4, -0.2) is 32.5 Å². The molecule has 0 radical (unpaired) electrons. The van der Waals surface area contributed by atoms with Crippen LogP contribution in [0.2, 0.25) is 0 Å². The highest BCUT2D eigenvalue weighted by atomic mass is 32.2. The molecule has 1 fully saturated rings. The number of aryl methyl sites for hydroxylation is 2. The number of carbonyl (C=O) groups excluding carboxylic acids is 1. The first kappa shape index (κ1) is 14.5. The second-order valence-corrected chi connectivity index (χ2v) is 7.24. The maximum Gasteiger partial charge on any atom is 0.241 e. The molecule has 0 bridgehead atoms. The largest absolute Gasteiger partial charge is 0.296 e. The van der Waals surface area contributed by atoms with Gasteiger partial charge in [-0.3, -0.25) is 14.4 Å². The average Bonchev–Trinajstić information content (AvgIpc) is 3.18. The summed E-state index contributed by atoms with van der Waals surface area (Å²) >= 11 is 1.62. The van der Waals surface area contributed by atoms with E-state index >= 15 is 0 Å². The number of anilines is 1. The summed E-state index contributed by atoms with van der Waals surface area (Å²) in [6.07, 6.45) is 1.69. The van der Waals surface area contributed by atoms with Crippen LogP contribution >= 0.6 is 11.8 Å². The van der Waals surface area contributed by atoms with Gasteiger partial charge in [-0.1, -0.05) is 30.0 Å². The van der Waals surface area contributed by atoms with Gasteiger partial charge >= 0.3 is 0 Å². The van der Waals surface area contributed by atoms with Gasteiger partial charge in [-0.25, -0.2) is 4.99 Å². The highest BCUT2D eigenvalue weighted by Gasteiger charge is 2.36. The molecule has 0 N–H and O–H groups in total. The highest BCUT2D eigenvalue weighted by Crippen LogP contribution is 2.35. The third kappa shape index (κ3) is 2.57. The zero-order valence-corrected chi connectivity index (χ0v) is 14.0. The first-order chi connectivity index (χ1) is 11.1. The molecule has 0 saturated carbocycles. The molecule has 1 aromatic carbocycles. The predicted octanol–water partition coefficient (Wildman–Crippen LogP) is 2.85. The summed E-state index contributed by atoms with van der Waals surface area (Å²) < 4.78 is 1.78. The lowest BCUT2D eigenvalue weighted by molar-refractivity contribution is -0.116. The van der Waals surface area contributed by atoms with E-state index in [1.165, 1.54) is 5.56 Å². The number of fused-ring (bicyclic) bond motifs is 1. The maximum absolute atomic E-state index is 12.7. The molecule has 0 spiro atoms. The normalized spacial score (nSPS) is 20.1. The molecule has 1 saturated heterocycles. The van der Waals surface area contributed by atoms with Gasteiger partial charge in [0, 0.05) is 26.1 Å². The monoisotopic (exact) mass is 326 g/mol. The van der Waals surface area contributed by atoms with Gasteiger partial charge in [-0.2, -0.15) is 5.10 Å². The molecule has 5 nitrogen and oxygen atoms in total. The first-order valence-corrected chi connectivity index (χ1v) is 8.64. The quantitative estimate of drug-likeness (QED) is 0.853. The van der Waals surface area contributed by atoms with Crippen LogP contribution in [0.1, 0.15) is 17.7 Å². The average molecular weight is 326 g/mol. The van der Waals surface area contributed by atoms with Crippen molar-refractivity contribution >= 4 is 34.2 Å². The summed E-state index contributed by atoms with van der Waals surface area (Å²) in [5, 5.41) is 5.34. The Morgan fingerprint density at radius 3 is 2.87 bits per heavy atom. The summed E-state index contributed by atoms with van der Waals surface area (Å²) in [6, 6.07) is 10.1. The molecule has 0 aliphatic carbocycles. The van der Waals surface area contributed by atoms with E-state index in [1.807, 2.05) is 43.1 Å². The lowest BCUT2D eigenvalue weighted by atomic mass is 10.2. The van der Waals surface area contributed by atoms with Gasteiger partial charge in [0.25, 0.3) is 0 Å². The molecule has 3 heterocycles. The lowest BCUT2D eigenvalue weighted by Crippen LogP contribution is -2.30. The Hall–Kier alpha value is -2.08. The Labute approximate surface area is 139 Å². The van der Waals surface area contributed by atoms with Crippen LogP contribution < -0.4 is 4.90 Å². The summed E-state index contributed by atoms with van der Waals surface area (Å²) in [7, 11) is 1.88. The van der Waals surface area contributed by atoms with E-state index in [0.717, 1.165) is 41.6 Å². The number of hydrogen-bond acceptors (Lipinski definition) is 4. The number of nitrogens with zero attached hydrogens (tertiary/aromatic N) is 4. The standard InChI is InChI=1S/C17H18N4OS/c1-11-9-16(20(2)19-11)21-8-7-14(17(21)22)23-15-10-12-5-3-4-6-13(12)18-15/h3-6,9,14H,7-8,10H2,1-2H3/t14-/m1/s1. The number of aliphatic imine (C=N–C) groups is 1. The van der Waals surface area contributed by atoms with E-state index in [4.69, 9.17) is 0 Å². The number of para-hydroxylation sites is 1. The number of carbonyl (C=O) groups is 1. The third-order valence-corrected chi connectivity index (χ3v) is 5.50. The topological polar surface area (TPSA) is 50.5 Å². The van der Waals surface area contributed by atoms with E-state index < -0.39 is 0 Å². The van der Waals surface area contributed by atoms with Gasteiger partial charge < -0.3 is 0 Å². The molecule has 1 aromatic heterocycles. The van der Waals surface area contributed by atoms with Crippen molar-refractivity contribution in [1.82, 2.24) is 9.78 Å². The van der Waals surface area contributed by atoms with Crippen LogP contribution in [-0.2, 0) is 18.3 Å². The van der Waals surface area contributed by atoms with Gasteiger partial charge in [-0.15, -0.1) is 0 Å². The van der Waals surface area contributed by atoms with Crippen molar-refractivity contribution in [3.8, 4) is 0 Å². The molecule has 1 atom stereocenters. The molecule has 1 amide bonds. The minimum atomic E-state index is -0.0433. The predicted molar refractivity (Wildman–Crippen MR) is 93.5 cm³/mol. The molecule has 4 rings (SSSR count). The van der Waals surface area contributed by atoms with Gasteiger partial charge in [-0.05, 0) is 25.0 Å². The SMILES string of the molecule is Cc1cc(N2CC[C@@H](SC3=Nc4ccccc4C3)C2=O)n(C)n1. The number of rotatable bonds is 2. The Morgan fingerprint density at radius 1 is 1.30 bits per heavy atom. The van der Waals surface area contributed by atoms with Crippen molar-refractivity contribution in [2.45, 2.75) is 25.0 Å². The van der Waals surface area contributed by atoms with Crippen LogP contribution in [0.15, 0.2) is 35.3 Å². The maximum atomic E-state index is 12.7. The van der Waals surface area contributed by atoms with E-state index in [-0.39, 0.29) is 11.2 Å². The molecule has 2 aromatic rings. The summed E-state index contributed by atoms with van der Waals surface area (Å²) in [4.78, 5) is 19.2. The Morgan fingerprint density at radius 2 is 2.13 bits per heavy atom. The first-order valence-electron chi connectivity index (χ1n) is 7.76. The summed E-state index contributed by atoms with van der Waals surface area (Å²) in [5.74, 6) is 1.05. The van der Waals surface area contributed by atoms with Crippen molar-refractivity contribution in [3.05, 3.63) is 41.6 Å². The van der Waals surface area contributed by atoms with Crippen molar-refractivity contribution < 1.29 is 4.79 Å². The van der Waals surface area contributed by atoms with Crippen molar-refractivity contribution in [3.63, 3.8) is 0 Å². The second kappa shape index (κ2) is 5.53. The number of hydrogen-bond donors (Lipinski definition) is 0. The zero-order chi connectivity index (χ0) is 16.0. The Bertz CT molecular complexity index is 811. The van der Waals surface area contributed by atoms with Crippen molar-refractivity contribution in [1.29, 1.82) is 0 Å². The fraction of sp³-hybridized carbons (Fsp3) is 0.353. The number of amides is 1. The third-order valence-electron chi connectivity index (χ3n) is 4.27. The lowest BCUT2D eigenvalue weighted by Gasteiger charge is -2.16. The van der Waals surface area contributed by atoms with E-state index in [1.54, 1.807) is 16.4 Å².